The average Bonchev–Trinajstić information content (AvgIpc) is 2.96. The molecule has 0 fully saturated rings. The largest absolute Gasteiger partial charge is 0.476 e. The van der Waals surface area contributed by atoms with Crippen molar-refractivity contribution in [1.82, 2.24) is 0 Å². The lowest BCUT2D eigenvalue weighted by Gasteiger charge is -2.16. The van der Waals surface area contributed by atoms with Gasteiger partial charge in [-0.05, 0) is 48.5 Å². The van der Waals surface area contributed by atoms with Crippen molar-refractivity contribution in [2.45, 2.75) is 6.29 Å². The van der Waals surface area contributed by atoms with Crippen LogP contribution in [-0.4, -0.2) is 29.3 Å². The van der Waals surface area contributed by atoms with Crippen molar-refractivity contribution in [3.8, 4) is 0 Å². The second-order valence-corrected chi connectivity index (χ2v) is 10.9. The molecular formula is C30H16O8S2. The van der Waals surface area contributed by atoms with Gasteiger partial charge in [0.1, 0.15) is 0 Å². The highest BCUT2D eigenvalue weighted by Gasteiger charge is 2.30. The van der Waals surface area contributed by atoms with Gasteiger partial charge in [0.25, 0.3) is 0 Å². The summed E-state index contributed by atoms with van der Waals surface area (Å²) >= 11 is 2.59. The summed E-state index contributed by atoms with van der Waals surface area (Å²) in [5.74, 6) is -4.05. The number of hydrogen-bond donors (Lipinski definition) is 1. The fourth-order valence-corrected chi connectivity index (χ4v) is 6.69. The van der Waals surface area contributed by atoms with Crippen LogP contribution in [0.1, 0.15) is 20.7 Å². The molecule has 0 aliphatic heterocycles. The van der Waals surface area contributed by atoms with E-state index in [0.29, 0.717) is 20.2 Å². The first-order valence-corrected chi connectivity index (χ1v) is 13.5. The summed E-state index contributed by atoms with van der Waals surface area (Å²) in [6, 6.07) is 23.0. The van der Waals surface area contributed by atoms with Crippen LogP contribution in [0, 0.1) is 0 Å². The fourth-order valence-electron chi connectivity index (χ4n) is 4.48. The van der Waals surface area contributed by atoms with Crippen LogP contribution in [-0.2, 0) is 14.3 Å². The Morgan fingerprint density at radius 3 is 1.40 bits per heavy atom. The zero-order valence-corrected chi connectivity index (χ0v) is 21.9. The number of carboxylic acid groups (broad SMARTS) is 1. The lowest BCUT2D eigenvalue weighted by atomic mass is 10.1. The Kier molecular flexibility index (Phi) is 6.33. The van der Waals surface area contributed by atoms with Gasteiger partial charge in [0, 0.05) is 29.6 Å². The molecule has 6 rings (SSSR count). The van der Waals surface area contributed by atoms with Gasteiger partial charge in [0.15, 0.2) is 10.9 Å². The Bertz CT molecular complexity index is 2000. The second kappa shape index (κ2) is 9.99. The van der Waals surface area contributed by atoms with Crippen molar-refractivity contribution < 1.29 is 29.0 Å². The molecule has 0 radical (unpaired) electrons. The maximum atomic E-state index is 13.2. The molecule has 1 N–H and O–H groups in total. The molecule has 40 heavy (non-hydrogen) atoms. The number of esters is 2. The van der Waals surface area contributed by atoms with Crippen molar-refractivity contribution >= 4 is 80.9 Å². The highest BCUT2D eigenvalue weighted by molar-refractivity contribution is 7.25. The van der Waals surface area contributed by atoms with Crippen LogP contribution in [0.4, 0.5) is 0 Å². The Morgan fingerprint density at radius 2 is 0.975 bits per heavy atom. The molecule has 0 bridgehead atoms. The number of ether oxygens (including phenoxy) is 2. The van der Waals surface area contributed by atoms with E-state index in [4.69, 9.17) is 9.47 Å². The molecule has 0 saturated heterocycles. The minimum absolute atomic E-state index is 0.0741. The Hall–Kier alpha value is -4.93. The van der Waals surface area contributed by atoms with Crippen molar-refractivity contribution in [3.63, 3.8) is 0 Å². The zero-order chi connectivity index (χ0) is 28.0. The quantitative estimate of drug-likeness (QED) is 0.163. The van der Waals surface area contributed by atoms with Gasteiger partial charge in [0.2, 0.25) is 0 Å². The summed E-state index contributed by atoms with van der Waals surface area (Å²) in [5.41, 5.74) is -1.14. The van der Waals surface area contributed by atoms with Gasteiger partial charge in [-0.15, -0.1) is 22.7 Å². The number of carboxylic acids is 1. The fraction of sp³-hybridized carbons (Fsp3) is 0.0333. The molecule has 2 heterocycles. The van der Waals surface area contributed by atoms with E-state index < -0.39 is 35.1 Å². The predicted octanol–water partition coefficient (Wildman–Crippen LogP) is 5.57. The van der Waals surface area contributed by atoms with E-state index >= 15 is 0 Å². The van der Waals surface area contributed by atoms with Gasteiger partial charge in [-0.3, -0.25) is 9.59 Å². The van der Waals surface area contributed by atoms with Crippen molar-refractivity contribution in [2.75, 3.05) is 0 Å². The van der Waals surface area contributed by atoms with Gasteiger partial charge in [-0.25, -0.2) is 14.4 Å². The van der Waals surface area contributed by atoms with E-state index in [1.165, 1.54) is 34.8 Å². The topological polar surface area (TPSA) is 124 Å². The lowest BCUT2D eigenvalue weighted by Crippen LogP contribution is -2.32. The predicted molar refractivity (Wildman–Crippen MR) is 153 cm³/mol. The maximum Gasteiger partial charge on any atom is 0.387 e. The van der Waals surface area contributed by atoms with Gasteiger partial charge < -0.3 is 14.6 Å². The number of aliphatic carboxylic acids is 1. The molecule has 0 aliphatic carbocycles. The van der Waals surface area contributed by atoms with Gasteiger partial charge in [0.05, 0.1) is 21.9 Å². The molecule has 196 valence electrons. The summed E-state index contributed by atoms with van der Waals surface area (Å²) in [4.78, 5) is 64.7. The Labute approximate surface area is 232 Å². The molecule has 6 aromatic rings. The van der Waals surface area contributed by atoms with Crippen LogP contribution in [0.3, 0.4) is 0 Å². The third-order valence-electron chi connectivity index (χ3n) is 6.28. The number of carbonyl (C=O) groups is 3. The minimum Gasteiger partial charge on any atom is -0.476 e. The average molecular weight is 569 g/mol. The van der Waals surface area contributed by atoms with Crippen molar-refractivity contribution in [2.24, 2.45) is 0 Å². The lowest BCUT2D eigenvalue weighted by molar-refractivity contribution is -0.168. The van der Waals surface area contributed by atoms with Crippen LogP contribution in [0.15, 0.2) is 94.5 Å². The van der Waals surface area contributed by atoms with Crippen LogP contribution >= 0.6 is 22.7 Å². The first kappa shape index (κ1) is 25.4. The molecule has 8 nitrogen and oxygen atoms in total. The zero-order valence-electron chi connectivity index (χ0n) is 20.3. The third-order valence-corrected chi connectivity index (χ3v) is 8.55. The van der Waals surface area contributed by atoms with Crippen LogP contribution in [0.2, 0.25) is 0 Å². The van der Waals surface area contributed by atoms with Crippen molar-refractivity contribution in [1.29, 1.82) is 0 Å². The molecule has 0 amide bonds. The normalized spacial score (nSPS) is 11.3. The summed E-state index contributed by atoms with van der Waals surface area (Å²) < 4.78 is 12.6. The summed E-state index contributed by atoms with van der Waals surface area (Å²) in [6.07, 6.45) is -2.33. The molecular weight excluding hydrogens is 552 g/mol. The van der Waals surface area contributed by atoms with E-state index in [2.05, 4.69) is 0 Å². The molecule has 0 atom stereocenters. The summed E-state index contributed by atoms with van der Waals surface area (Å²) in [6.45, 7) is 0. The molecule has 2 aromatic heterocycles. The van der Waals surface area contributed by atoms with Crippen LogP contribution in [0.5, 0.6) is 0 Å². The molecule has 0 unspecified atom stereocenters. The highest BCUT2D eigenvalue weighted by Crippen LogP contribution is 2.29. The number of hydrogen-bond acceptors (Lipinski definition) is 9. The van der Waals surface area contributed by atoms with E-state index in [1.54, 1.807) is 72.8 Å². The number of rotatable bonds is 5. The highest BCUT2D eigenvalue weighted by atomic mass is 32.1. The number of fused-ring (bicyclic) bond motifs is 4. The molecule has 4 aromatic carbocycles. The first-order valence-electron chi connectivity index (χ1n) is 11.9. The second-order valence-electron chi connectivity index (χ2n) is 8.69. The molecule has 0 spiro atoms. The van der Waals surface area contributed by atoms with E-state index in [9.17, 15) is 29.1 Å². The first-order chi connectivity index (χ1) is 19.3. The smallest absolute Gasteiger partial charge is 0.387 e. The molecule has 0 aliphatic rings. The van der Waals surface area contributed by atoms with Crippen molar-refractivity contribution in [3.05, 3.63) is 117 Å². The summed E-state index contributed by atoms with van der Waals surface area (Å²) in [5, 5.41) is 10.7. The van der Waals surface area contributed by atoms with Gasteiger partial charge in [-0.2, -0.15) is 0 Å². The summed E-state index contributed by atoms with van der Waals surface area (Å²) in [7, 11) is 0. The van der Waals surface area contributed by atoms with Gasteiger partial charge >= 0.3 is 24.2 Å². The van der Waals surface area contributed by atoms with E-state index in [0.717, 1.165) is 9.40 Å². The van der Waals surface area contributed by atoms with Crippen LogP contribution in [0.25, 0.3) is 40.3 Å². The molecule has 10 heteroatoms. The standard InChI is InChI=1S/C30H16O8S2/c31-25-15-7-1-3-11-19(15)39-21-13-5-9-17(23(21)25)28(35)37-30(27(33)34)38-29(36)18-10-6-14-22-24(18)26(32)16-8-2-4-12-20(16)40-22/h1-14,30H,(H,33,34). The number of benzene rings is 4. The Balaban J connectivity index is 1.36. The number of carbonyl (C=O) groups excluding carboxylic acids is 2. The SMILES string of the molecule is O=C(OC(OC(=O)c1cccc2sc3ccccc3c(=O)c12)C(=O)O)c1cccc2sc3ccccc3c(=O)c12. The Morgan fingerprint density at radius 1 is 0.575 bits per heavy atom. The monoisotopic (exact) mass is 568 g/mol. The van der Waals surface area contributed by atoms with Crippen LogP contribution < -0.4 is 10.9 Å². The third kappa shape index (κ3) is 4.29. The van der Waals surface area contributed by atoms with E-state index in [1.807, 2.05) is 0 Å². The van der Waals surface area contributed by atoms with E-state index in [-0.39, 0.29) is 21.9 Å². The minimum atomic E-state index is -2.33. The molecule has 0 saturated carbocycles. The van der Waals surface area contributed by atoms with Gasteiger partial charge in [-0.1, -0.05) is 36.4 Å². The maximum absolute atomic E-state index is 13.2.